The van der Waals surface area contributed by atoms with Gasteiger partial charge in [-0.3, -0.25) is 0 Å². The van der Waals surface area contributed by atoms with E-state index in [1.165, 1.54) is 17.7 Å². The van der Waals surface area contributed by atoms with Gasteiger partial charge >= 0.3 is 0 Å². The van der Waals surface area contributed by atoms with Crippen molar-refractivity contribution in [3.63, 3.8) is 0 Å². The Bertz CT molecular complexity index is 709. The summed E-state index contributed by atoms with van der Waals surface area (Å²) in [6.07, 6.45) is 1.52. The number of nitrogens with one attached hydrogen (secondary N) is 1. The summed E-state index contributed by atoms with van der Waals surface area (Å²) >= 11 is 4.57. The molecule has 20 heavy (non-hydrogen) atoms. The molecule has 3 N–H and O–H groups in total. The largest absolute Gasteiger partial charge is 0.326 e. The monoisotopic (exact) mass is 379 g/mol. The van der Waals surface area contributed by atoms with Crippen molar-refractivity contribution in [1.82, 2.24) is 19.5 Å². The van der Waals surface area contributed by atoms with Gasteiger partial charge in [0.15, 0.2) is 0 Å². The highest BCUT2D eigenvalue weighted by atomic mass is 79.9. The lowest BCUT2D eigenvalue weighted by Gasteiger charge is -2.12. The van der Waals surface area contributed by atoms with Gasteiger partial charge < -0.3 is 10.3 Å². The maximum atomic E-state index is 12.4. The van der Waals surface area contributed by atoms with Gasteiger partial charge in [0.05, 0.1) is 9.83 Å². The Morgan fingerprint density at radius 3 is 2.80 bits per heavy atom. The average Bonchev–Trinajstić information content (AvgIpc) is 2.94. The van der Waals surface area contributed by atoms with Gasteiger partial charge in [-0.2, -0.15) is 0 Å². The fourth-order valence-electron chi connectivity index (χ4n) is 1.71. The van der Waals surface area contributed by atoms with Crippen LogP contribution in [0.2, 0.25) is 0 Å². The van der Waals surface area contributed by atoms with Crippen molar-refractivity contribution in [2.75, 3.05) is 0 Å². The minimum Gasteiger partial charge on any atom is -0.326 e. The molecule has 2 heterocycles. The first-order valence-corrected chi connectivity index (χ1v) is 8.79. The van der Waals surface area contributed by atoms with E-state index in [0.29, 0.717) is 16.2 Å². The Morgan fingerprint density at radius 2 is 2.30 bits per heavy atom. The second-order valence-corrected chi connectivity index (χ2v) is 8.33. The number of nitrogens with zero attached hydrogens (tertiary/aromatic N) is 3. The molecule has 0 amide bonds. The first kappa shape index (κ1) is 15.6. The molecule has 0 aliphatic rings. The number of hydrogen-bond acceptors (Lipinski definition) is 6. The molecule has 2 rings (SSSR count). The van der Waals surface area contributed by atoms with Gasteiger partial charge in [0, 0.05) is 18.5 Å². The molecule has 10 heteroatoms. The average molecular weight is 380 g/mol. The molecule has 0 fully saturated rings. The Balaban J connectivity index is 2.27. The van der Waals surface area contributed by atoms with Crippen LogP contribution in [-0.4, -0.2) is 23.2 Å². The quantitative estimate of drug-likeness (QED) is 0.810. The molecule has 0 aliphatic heterocycles. The summed E-state index contributed by atoms with van der Waals surface area (Å²) in [6, 6.07) is 1.08. The van der Waals surface area contributed by atoms with Crippen LogP contribution in [0.5, 0.6) is 0 Å². The third-order valence-corrected chi connectivity index (χ3v) is 6.48. The van der Waals surface area contributed by atoms with E-state index in [1.54, 1.807) is 24.6 Å². The Labute approximate surface area is 129 Å². The molecule has 1 unspecified atom stereocenters. The number of nitrogens with two attached hydrogens (primary N) is 1. The van der Waals surface area contributed by atoms with Crippen LogP contribution in [0.25, 0.3) is 0 Å². The van der Waals surface area contributed by atoms with E-state index in [1.807, 2.05) is 0 Å². The van der Waals surface area contributed by atoms with Gasteiger partial charge in [0.2, 0.25) is 10.0 Å². The van der Waals surface area contributed by atoms with E-state index in [4.69, 9.17) is 5.73 Å². The molecule has 0 spiro atoms. The van der Waals surface area contributed by atoms with E-state index in [2.05, 4.69) is 30.8 Å². The molecular formula is C10H14BrN5O2S2. The summed E-state index contributed by atoms with van der Waals surface area (Å²) in [4.78, 5) is 0.987. The van der Waals surface area contributed by atoms with Crippen LogP contribution < -0.4 is 10.5 Å². The third-order valence-electron chi connectivity index (χ3n) is 2.66. The van der Waals surface area contributed by atoms with Gasteiger partial charge in [0.25, 0.3) is 0 Å². The molecule has 2 aromatic heterocycles. The van der Waals surface area contributed by atoms with Gasteiger partial charge in [-0.1, -0.05) is 0 Å². The van der Waals surface area contributed by atoms with Gasteiger partial charge in [0.1, 0.15) is 17.0 Å². The molecule has 110 valence electrons. The molecule has 0 bridgehead atoms. The van der Waals surface area contributed by atoms with E-state index >= 15 is 0 Å². The molecule has 0 radical (unpaired) electrons. The van der Waals surface area contributed by atoms with Crippen LogP contribution in [0.4, 0.5) is 0 Å². The SMILES string of the molecule is CC(NS(=O)(=O)c1cc(CN)sc1Br)c1nncn1C. The summed E-state index contributed by atoms with van der Waals surface area (Å²) in [6.45, 7) is 2.02. The molecule has 0 aromatic carbocycles. The number of rotatable bonds is 5. The smallest absolute Gasteiger partial charge is 0.243 e. The highest BCUT2D eigenvalue weighted by molar-refractivity contribution is 9.11. The zero-order valence-corrected chi connectivity index (χ0v) is 14.1. The van der Waals surface area contributed by atoms with Gasteiger partial charge in [-0.25, -0.2) is 13.1 Å². The Kier molecular flexibility index (Phi) is 4.59. The minimum absolute atomic E-state index is 0.192. The first-order chi connectivity index (χ1) is 9.35. The van der Waals surface area contributed by atoms with Gasteiger partial charge in [-0.15, -0.1) is 21.5 Å². The highest BCUT2D eigenvalue weighted by Crippen LogP contribution is 2.32. The zero-order chi connectivity index (χ0) is 14.9. The highest BCUT2D eigenvalue weighted by Gasteiger charge is 2.24. The molecule has 0 saturated heterocycles. The van der Waals surface area contributed by atoms with Crippen molar-refractivity contribution < 1.29 is 8.42 Å². The predicted octanol–water partition coefficient (Wildman–Crippen LogP) is 1.14. The van der Waals surface area contributed by atoms with Crippen molar-refractivity contribution in [3.05, 3.63) is 26.9 Å². The molecule has 1 atom stereocenters. The van der Waals surface area contributed by atoms with Crippen molar-refractivity contribution in [1.29, 1.82) is 0 Å². The number of aryl methyl sites for hydroxylation is 1. The fraction of sp³-hybridized carbons (Fsp3) is 0.400. The zero-order valence-electron chi connectivity index (χ0n) is 10.9. The van der Waals surface area contributed by atoms with Crippen LogP contribution in [0.1, 0.15) is 23.7 Å². The summed E-state index contributed by atoms with van der Waals surface area (Å²) in [5.41, 5.74) is 5.53. The second kappa shape index (κ2) is 5.90. The summed E-state index contributed by atoms with van der Waals surface area (Å²) in [7, 11) is -1.89. The normalized spacial score (nSPS) is 13.6. The lowest BCUT2D eigenvalue weighted by molar-refractivity contribution is 0.553. The first-order valence-electron chi connectivity index (χ1n) is 5.69. The van der Waals surface area contributed by atoms with E-state index in [-0.39, 0.29) is 4.90 Å². The number of sulfonamides is 1. The third kappa shape index (κ3) is 3.09. The number of hydrogen-bond donors (Lipinski definition) is 2. The van der Waals surface area contributed by atoms with Crippen LogP contribution in [0.15, 0.2) is 21.1 Å². The predicted molar refractivity (Wildman–Crippen MR) is 79.6 cm³/mol. The number of thiophene rings is 1. The lowest BCUT2D eigenvalue weighted by atomic mass is 10.3. The lowest BCUT2D eigenvalue weighted by Crippen LogP contribution is -2.28. The minimum atomic E-state index is -3.65. The number of aromatic nitrogens is 3. The fourth-order valence-corrected chi connectivity index (χ4v) is 5.48. The number of halogens is 1. The van der Waals surface area contributed by atoms with Crippen molar-refractivity contribution >= 4 is 37.3 Å². The second-order valence-electron chi connectivity index (χ2n) is 4.20. The Morgan fingerprint density at radius 1 is 1.60 bits per heavy atom. The standard InChI is InChI=1S/C10H14BrN5O2S2/c1-6(10-14-13-5-16(10)2)15-20(17,18)8-3-7(4-12)19-9(8)11/h3,5-6,15H,4,12H2,1-2H3. The molecular weight excluding hydrogens is 366 g/mol. The van der Waals surface area contributed by atoms with Crippen molar-refractivity contribution in [3.8, 4) is 0 Å². The van der Waals surface area contributed by atoms with E-state index in [9.17, 15) is 8.42 Å². The summed E-state index contributed by atoms with van der Waals surface area (Å²) < 4.78 is 29.5. The summed E-state index contributed by atoms with van der Waals surface area (Å²) in [5.74, 6) is 0.541. The van der Waals surface area contributed by atoms with E-state index in [0.717, 1.165) is 4.88 Å². The van der Waals surface area contributed by atoms with Crippen LogP contribution in [0.3, 0.4) is 0 Å². The maximum Gasteiger partial charge on any atom is 0.243 e. The molecule has 0 aliphatic carbocycles. The van der Waals surface area contributed by atoms with Crippen LogP contribution in [-0.2, 0) is 23.6 Å². The van der Waals surface area contributed by atoms with E-state index < -0.39 is 16.1 Å². The maximum absolute atomic E-state index is 12.4. The summed E-state index contributed by atoms with van der Waals surface area (Å²) in [5, 5.41) is 7.63. The van der Waals surface area contributed by atoms with Crippen molar-refractivity contribution in [2.24, 2.45) is 12.8 Å². The van der Waals surface area contributed by atoms with Gasteiger partial charge in [-0.05, 0) is 28.9 Å². The molecule has 7 nitrogen and oxygen atoms in total. The topological polar surface area (TPSA) is 103 Å². The van der Waals surface area contributed by atoms with Crippen LogP contribution in [0, 0.1) is 0 Å². The molecule has 2 aromatic rings. The Hall–Kier alpha value is -0.810. The molecule has 0 saturated carbocycles. The van der Waals surface area contributed by atoms with Crippen LogP contribution >= 0.6 is 27.3 Å². The van der Waals surface area contributed by atoms with Crippen molar-refractivity contribution in [2.45, 2.75) is 24.4 Å².